The van der Waals surface area contributed by atoms with Gasteiger partial charge in [0.15, 0.2) is 11.5 Å². The second-order valence-corrected chi connectivity index (χ2v) is 7.70. The Labute approximate surface area is 189 Å². The number of hydrogen-bond acceptors (Lipinski definition) is 5. The van der Waals surface area contributed by atoms with Gasteiger partial charge in [-0.2, -0.15) is 4.52 Å². The van der Waals surface area contributed by atoms with E-state index in [0.717, 1.165) is 22.3 Å². The van der Waals surface area contributed by atoms with Gasteiger partial charge in [0.25, 0.3) is 0 Å². The number of benzene rings is 3. The molecule has 0 saturated heterocycles. The number of rotatable bonds is 5. The Morgan fingerprint density at radius 1 is 1.03 bits per heavy atom. The van der Waals surface area contributed by atoms with E-state index in [1.165, 1.54) is 9.08 Å². The van der Waals surface area contributed by atoms with Gasteiger partial charge in [-0.25, -0.2) is 9.78 Å². The van der Waals surface area contributed by atoms with Crippen molar-refractivity contribution in [2.75, 3.05) is 12.4 Å². The number of fused-ring (bicyclic) bond motifs is 3. The second-order valence-electron chi connectivity index (χ2n) is 7.70. The van der Waals surface area contributed by atoms with E-state index in [4.69, 9.17) is 4.74 Å². The molecule has 0 aliphatic heterocycles. The van der Waals surface area contributed by atoms with Crippen LogP contribution in [0.5, 0.6) is 5.75 Å². The number of carbonyl (C=O) groups is 1. The van der Waals surface area contributed by atoms with Crippen molar-refractivity contribution < 1.29 is 9.53 Å². The van der Waals surface area contributed by atoms with Gasteiger partial charge in [0.2, 0.25) is 5.91 Å². The third-order valence-electron chi connectivity index (χ3n) is 5.41. The van der Waals surface area contributed by atoms with Crippen LogP contribution in [0.3, 0.4) is 0 Å². The number of nitrogens with zero attached hydrogens (tertiary/aromatic N) is 4. The average Bonchev–Trinajstić information content (AvgIpc) is 3.28. The minimum atomic E-state index is -0.435. The second kappa shape index (κ2) is 8.23. The van der Waals surface area contributed by atoms with Crippen molar-refractivity contribution in [1.82, 2.24) is 19.2 Å². The number of aromatic nitrogens is 4. The normalized spacial score (nSPS) is 11.1. The van der Waals surface area contributed by atoms with E-state index in [1.807, 2.05) is 73.7 Å². The van der Waals surface area contributed by atoms with Gasteiger partial charge in [-0.3, -0.25) is 9.36 Å². The highest BCUT2D eigenvalue weighted by Gasteiger charge is 2.17. The molecule has 8 nitrogen and oxygen atoms in total. The fourth-order valence-corrected chi connectivity index (χ4v) is 3.82. The van der Waals surface area contributed by atoms with Crippen LogP contribution in [-0.2, 0) is 11.3 Å². The van der Waals surface area contributed by atoms with Crippen LogP contribution in [0.25, 0.3) is 27.9 Å². The number of methoxy groups -OCH3 is 1. The van der Waals surface area contributed by atoms with Crippen LogP contribution in [-0.4, -0.2) is 32.2 Å². The number of para-hydroxylation sites is 1. The van der Waals surface area contributed by atoms with Crippen LogP contribution < -0.4 is 15.7 Å². The summed E-state index contributed by atoms with van der Waals surface area (Å²) in [7, 11) is 1.60. The first-order valence-corrected chi connectivity index (χ1v) is 10.4. The Bertz CT molecular complexity index is 1550. The summed E-state index contributed by atoms with van der Waals surface area (Å²) in [5, 5.41) is 8.04. The Balaban J connectivity index is 1.59. The number of amides is 1. The molecule has 0 bridgehead atoms. The molecule has 164 valence electrons. The van der Waals surface area contributed by atoms with Gasteiger partial charge in [-0.1, -0.05) is 24.3 Å². The van der Waals surface area contributed by atoms with Gasteiger partial charge in [0, 0.05) is 16.6 Å². The molecule has 0 saturated carbocycles. The highest BCUT2D eigenvalue weighted by molar-refractivity contribution is 5.95. The lowest BCUT2D eigenvalue weighted by Crippen LogP contribution is -2.32. The first-order chi connectivity index (χ1) is 16.0. The van der Waals surface area contributed by atoms with E-state index < -0.39 is 5.69 Å². The lowest BCUT2D eigenvalue weighted by atomic mass is 10.2. The molecule has 5 aromatic rings. The quantitative estimate of drug-likeness (QED) is 0.451. The van der Waals surface area contributed by atoms with Crippen molar-refractivity contribution in [3.8, 4) is 17.1 Å². The van der Waals surface area contributed by atoms with Crippen LogP contribution in [0.15, 0.2) is 77.6 Å². The van der Waals surface area contributed by atoms with E-state index in [1.54, 1.807) is 13.2 Å². The fraction of sp³-hybridized carbons (Fsp3) is 0.120. The van der Waals surface area contributed by atoms with E-state index in [2.05, 4.69) is 15.4 Å². The summed E-state index contributed by atoms with van der Waals surface area (Å²) >= 11 is 0. The minimum absolute atomic E-state index is 0.152. The van der Waals surface area contributed by atoms with E-state index >= 15 is 0 Å². The van der Waals surface area contributed by atoms with Crippen LogP contribution in [0.1, 0.15) is 5.56 Å². The number of nitrogens with one attached hydrogen (secondary N) is 1. The van der Waals surface area contributed by atoms with Crippen molar-refractivity contribution in [1.29, 1.82) is 0 Å². The Morgan fingerprint density at radius 2 is 1.82 bits per heavy atom. The summed E-state index contributed by atoms with van der Waals surface area (Å²) in [6, 6.07) is 22.2. The summed E-state index contributed by atoms with van der Waals surface area (Å²) in [6.07, 6.45) is 0. The molecule has 0 spiro atoms. The first-order valence-electron chi connectivity index (χ1n) is 10.4. The van der Waals surface area contributed by atoms with Crippen molar-refractivity contribution >= 4 is 28.1 Å². The number of anilines is 1. The molecule has 0 unspecified atom stereocenters. The molecule has 0 atom stereocenters. The summed E-state index contributed by atoms with van der Waals surface area (Å²) in [5.74, 6) is 0.833. The fourth-order valence-electron chi connectivity index (χ4n) is 3.82. The number of ether oxygens (including phenoxy) is 1. The Morgan fingerprint density at radius 3 is 2.58 bits per heavy atom. The average molecular weight is 439 g/mol. The van der Waals surface area contributed by atoms with E-state index in [0.29, 0.717) is 22.7 Å². The largest absolute Gasteiger partial charge is 0.497 e. The number of carbonyl (C=O) groups excluding carboxylic acids is 1. The third-order valence-corrected chi connectivity index (χ3v) is 5.41. The summed E-state index contributed by atoms with van der Waals surface area (Å²) in [5.41, 5.74) is 3.09. The Kier molecular flexibility index (Phi) is 5.10. The van der Waals surface area contributed by atoms with Crippen LogP contribution in [0.4, 0.5) is 5.69 Å². The number of hydrogen-bond donors (Lipinski definition) is 1. The number of aryl methyl sites for hydroxylation is 1. The zero-order valence-corrected chi connectivity index (χ0v) is 18.1. The Hall–Kier alpha value is -4.46. The van der Waals surface area contributed by atoms with Crippen LogP contribution >= 0.6 is 0 Å². The first kappa shape index (κ1) is 20.4. The molecule has 1 N–H and O–H groups in total. The molecule has 33 heavy (non-hydrogen) atoms. The SMILES string of the molecule is COc1ccc(-c2nc3c4ccccc4n(CC(=O)Nc4cccc(C)c4)c(=O)n3n2)cc1. The standard InChI is InChI=1S/C25H21N5O3/c1-16-6-5-7-18(14-16)26-22(31)15-29-21-9-4-3-8-20(21)24-27-23(28-30(24)25(29)32)17-10-12-19(33-2)13-11-17/h3-14H,15H2,1-2H3,(H,26,31). The predicted molar refractivity (Wildman–Crippen MR) is 127 cm³/mol. The lowest BCUT2D eigenvalue weighted by molar-refractivity contribution is -0.116. The highest BCUT2D eigenvalue weighted by atomic mass is 16.5. The molecular formula is C25H21N5O3. The summed E-state index contributed by atoms with van der Waals surface area (Å²) in [4.78, 5) is 30.8. The highest BCUT2D eigenvalue weighted by Crippen LogP contribution is 2.23. The maximum absolute atomic E-state index is 13.4. The van der Waals surface area contributed by atoms with Gasteiger partial charge in [0.05, 0.1) is 12.6 Å². The van der Waals surface area contributed by atoms with Crippen LogP contribution in [0.2, 0.25) is 0 Å². The molecule has 0 aliphatic rings. The van der Waals surface area contributed by atoms with Crippen molar-refractivity contribution in [3.63, 3.8) is 0 Å². The van der Waals surface area contributed by atoms with E-state index in [9.17, 15) is 9.59 Å². The lowest BCUT2D eigenvalue weighted by Gasteiger charge is -2.11. The maximum atomic E-state index is 13.4. The van der Waals surface area contributed by atoms with Gasteiger partial charge >= 0.3 is 5.69 Å². The molecule has 0 radical (unpaired) electrons. The van der Waals surface area contributed by atoms with Crippen LogP contribution in [0, 0.1) is 6.92 Å². The molecule has 3 aromatic carbocycles. The molecule has 0 fully saturated rings. The molecule has 2 heterocycles. The molecule has 8 heteroatoms. The molecule has 5 rings (SSSR count). The smallest absolute Gasteiger partial charge is 0.351 e. The van der Waals surface area contributed by atoms with E-state index in [-0.39, 0.29) is 12.5 Å². The van der Waals surface area contributed by atoms with Crippen molar-refractivity contribution in [2.24, 2.45) is 0 Å². The molecule has 2 aromatic heterocycles. The van der Waals surface area contributed by atoms with Crippen molar-refractivity contribution in [3.05, 3.63) is 88.8 Å². The topological polar surface area (TPSA) is 90.5 Å². The molecule has 1 amide bonds. The van der Waals surface area contributed by atoms with Gasteiger partial charge in [-0.05, 0) is 61.0 Å². The summed E-state index contributed by atoms with van der Waals surface area (Å²) < 4.78 is 7.87. The van der Waals surface area contributed by atoms with Gasteiger partial charge in [0.1, 0.15) is 12.3 Å². The minimum Gasteiger partial charge on any atom is -0.497 e. The molecular weight excluding hydrogens is 418 g/mol. The van der Waals surface area contributed by atoms with Gasteiger partial charge < -0.3 is 10.1 Å². The summed E-state index contributed by atoms with van der Waals surface area (Å²) in [6.45, 7) is 1.80. The maximum Gasteiger partial charge on any atom is 0.351 e. The van der Waals surface area contributed by atoms with Gasteiger partial charge in [-0.15, -0.1) is 5.10 Å². The third kappa shape index (κ3) is 3.82. The monoisotopic (exact) mass is 439 g/mol. The zero-order valence-electron chi connectivity index (χ0n) is 18.1. The zero-order chi connectivity index (χ0) is 22.9. The van der Waals surface area contributed by atoms with Crippen molar-refractivity contribution in [2.45, 2.75) is 13.5 Å². The predicted octanol–water partition coefficient (Wildman–Crippen LogP) is 3.67. The molecule has 0 aliphatic carbocycles.